The van der Waals surface area contributed by atoms with Crippen LogP contribution in [-0.2, 0) is 40.2 Å². The van der Waals surface area contributed by atoms with Crippen molar-refractivity contribution >= 4 is 53.0 Å². The summed E-state index contributed by atoms with van der Waals surface area (Å²) < 4.78 is 4.69. The van der Waals surface area contributed by atoms with Crippen molar-refractivity contribution in [2.75, 3.05) is 0 Å². The van der Waals surface area contributed by atoms with E-state index in [1.165, 1.54) is 31.9 Å². The van der Waals surface area contributed by atoms with Gasteiger partial charge in [-0.3, -0.25) is 4.79 Å². The molecule has 2 rings (SSSR count). The van der Waals surface area contributed by atoms with Gasteiger partial charge in [-0.05, 0) is 12.1 Å². The molecule has 194 valence electrons. The number of carboxylic acids is 4. The number of aromatic carboxylic acids is 1. The largest absolute Gasteiger partial charge is 2.00 e. The van der Waals surface area contributed by atoms with Gasteiger partial charge in [0.15, 0.2) is 0 Å². The molecule has 6 N–H and O–H groups in total. The Morgan fingerprint density at radius 2 is 1.29 bits per heavy atom. The molecule has 0 amide bonds. The molecule has 15 heteroatoms. The van der Waals surface area contributed by atoms with Crippen molar-refractivity contribution in [1.82, 2.24) is 0 Å². The monoisotopic (exact) mass is 705 g/mol. The molecule has 1 fully saturated rings. The molecule has 1 aromatic carbocycles. The second kappa shape index (κ2) is 20.2. The van der Waals surface area contributed by atoms with Gasteiger partial charge >= 0.3 is 50.9 Å². The normalized spacial score (nSPS) is 15.8. The first kappa shape index (κ1) is 36.3. The summed E-state index contributed by atoms with van der Waals surface area (Å²) in [5.41, 5.74) is 14.6. The van der Waals surface area contributed by atoms with Crippen molar-refractivity contribution in [3.8, 4) is 5.75 Å². The van der Waals surface area contributed by atoms with Gasteiger partial charge in [0.2, 0.25) is 4.84 Å². The number of ether oxygens (including phenoxy) is 1. The van der Waals surface area contributed by atoms with E-state index in [-0.39, 0.29) is 44.5 Å². The maximum Gasteiger partial charge on any atom is 2.00 e. The van der Waals surface area contributed by atoms with E-state index in [1.807, 2.05) is 0 Å². The van der Waals surface area contributed by atoms with Gasteiger partial charge in [-0.25, -0.2) is 19.2 Å². The summed E-state index contributed by atoms with van der Waals surface area (Å²) in [5, 5.41) is 31.2. The molecule has 0 bridgehead atoms. The Bertz CT molecular complexity index is 789. The number of rotatable bonds is 3. The van der Waals surface area contributed by atoms with Gasteiger partial charge in [-0.1, -0.05) is 61.0 Å². The summed E-state index contributed by atoms with van der Waals surface area (Å²) >= 11 is 9.56. The number of esters is 1. The fraction of sp³-hybridized carbons (Fsp3) is 0.421. The molecule has 12 nitrogen and oxygen atoms in total. The molecule has 0 heterocycles. The number of halogens is 2. The molecule has 34 heavy (non-hydrogen) atoms. The number of carboxylic acid groups (broad SMARTS) is 4. The molecule has 0 aliphatic heterocycles. The third-order valence-electron chi connectivity index (χ3n) is 3.51. The van der Waals surface area contributed by atoms with E-state index in [0.29, 0.717) is 0 Å². The van der Waals surface area contributed by atoms with Gasteiger partial charge in [0.1, 0.15) is 11.3 Å². The van der Waals surface area contributed by atoms with Crippen LogP contribution in [0.4, 0.5) is 0 Å². The van der Waals surface area contributed by atoms with Gasteiger partial charge in [-0.15, -0.1) is 0 Å². The fourth-order valence-electron chi connectivity index (χ4n) is 2.02. The second-order valence-electron chi connectivity index (χ2n) is 6.14. The Morgan fingerprint density at radius 1 is 0.912 bits per heavy atom. The van der Waals surface area contributed by atoms with E-state index < -0.39 is 34.7 Å². The van der Waals surface area contributed by atoms with E-state index >= 15 is 0 Å². The Kier molecular flexibility index (Phi) is 21.5. The summed E-state index contributed by atoms with van der Waals surface area (Å²) in [6.07, 6.45) is 4.25. The van der Waals surface area contributed by atoms with Crippen molar-refractivity contribution in [1.29, 1.82) is 0 Å². The number of aliphatic carboxylic acids is 3. The average Bonchev–Trinajstić information content (AvgIpc) is 2.71. The number of carbonyl (C=O) groups excluding carboxylic acids is 1. The predicted octanol–water partition coefficient (Wildman–Crippen LogP) is 3.74. The van der Waals surface area contributed by atoms with Crippen LogP contribution in [0.15, 0.2) is 24.3 Å². The first-order valence-electron chi connectivity index (χ1n) is 9.10. The van der Waals surface area contributed by atoms with Crippen LogP contribution < -0.4 is 4.74 Å². The molecule has 1 saturated carbocycles. The molecule has 1 aliphatic carbocycles. The van der Waals surface area contributed by atoms with Gasteiger partial charge in [0.05, 0.1) is 0 Å². The van der Waals surface area contributed by atoms with Crippen LogP contribution in [-0.4, -0.2) is 67.2 Å². The maximum atomic E-state index is 10.6. The first-order valence-corrected chi connectivity index (χ1v) is 9.98. The number of benzene rings is 1. The number of para-hydroxylation sites is 1. The number of carbonyl (C=O) groups is 5. The van der Waals surface area contributed by atoms with E-state index in [0.717, 1.165) is 12.8 Å². The number of alkyl halides is 2. The molecule has 0 saturated heterocycles. The van der Waals surface area contributed by atoms with Gasteiger partial charge in [0.25, 0.3) is 0 Å². The van der Waals surface area contributed by atoms with Crippen molar-refractivity contribution in [2.45, 2.75) is 49.5 Å². The summed E-state index contributed by atoms with van der Waals surface area (Å²) in [7, 11) is 0. The smallest absolute Gasteiger partial charge is 0.676 e. The molecular formula is C19H24Cl2N2O10Pt. The zero-order valence-electron chi connectivity index (χ0n) is 17.7. The molecule has 2 atom stereocenters. The fourth-order valence-corrected chi connectivity index (χ4v) is 2.02. The Hall–Kier alpha value is -2.24. The molecule has 1 aromatic rings. The Morgan fingerprint density at radius 3 is 1.56 bits per heavy atom. The summed E-state index contributed by atoms with van der Waals surface area (Å²) in [6, 6.07) is 5.82. The van der Waals surface area contributed by atoms with Crippen LogP contribution in [0.5, 0.6) is 5.75 Å². The van der Waals surface area contributed by atoms with Crippen molar-refractivity contribution in [2.24, 2.45) is 0 Å². The zero-order valence-corrected chi connectivity index (χ0v) is 21.5. The number of hydrogen-bond acceptors (Lipinski definition) is 6. The van der Waals surface area contributed by atoms with Crippen LogP contribution in [0.1, 0.15) is 43.0 Å². The Balaban J connectivity index is -0.000000398. The SMILES string of the molecule is CC(=O)Oc1ccccc1C(=O)O.O=C(O)C(=O)O.O=C(O)C(Cl)Cl.[NH-]C1CCCCC1[NH-].[Pt+2]. The van der Waals surface area contributed by atoms with Crippen LogP contribution in [0, 0.1) is 0 Å². The van der Waals surface area contributed by atoms with E-state index in [2.05, 4.69) is 4.74 Å². The summed E-state index contributed by atoms with van der Waals surface area (Å²) in [4.78, 5) is 47.5. The minimum absolute atomic E-state index is 0. The number of nitrogens with one attached hydrogen (secondary N) is 2. The van der Waals surface area contributed by atoms with Crippen molar-refractivity contribution < 1.29 is 70.2 Å². The third-order valence-corrected chi connectivity index (χ3v) is 3.88. The van der Waals surface area contributed by atoms with Crippen LogP contribution in [0.25, 0.3) is 11.5 Å². The molecular weight excluding hydrogens is 682 g/mol. The van der Waals surface area contributed by atoms with E-state index in [4.69, 9.17) is 64.7 Å². The quantitative estimate of drug-likeness (QED) is 0.154. The minimum Gasteiger partial charge on any atom is -0.676 e. The molecule has 2 unspecified atom stereocenters. The van der Waals surface area contributed by atoms with Gasteiger partial charge in [0, 0.05) is 6.92 Å². The average molecular weight is 706 g/mol. The summed E-state index contributed by atoms with van der Waals surface area (Å²) in [5.74, 6) is -6.43. The maximum absolute atomic E-state index is 10.6. The Labute approximate surface area is 219 Å². The molecule has 0 aromatic heterocycles. The van der Waals surface area contributed by atoms with Gasteiger partial charge < -0.3 is 36.6 Å². The van der Waals surface area contributed by atoms with Crippen LogP contribution in [0.3, 0.4) is 0 Å². The van der Waals surface area contributed by atoms with E-state index in [1.54, 1.807) is 12.1 Å². The predicted molar refractivity (Wildman–Crippen MR) is 118 cm³/mol. The van der Waals surface area contributed by atoms with Crippen LogP contribution >= 0.6 is 23.2 Å². The van der Waals surface area contributed by atoms with Crippen LogP contribution in [0.2, 0.25) is 0 Å². The van der Waals surface area contributed by atoms with Crippen molar-refractivity contribution in [3.05, 3.63) is 41.3 Å². The zero-order chi connectivity index (χ0) is 26.1. The minimum atomic E-state index is -1.82. The van der Waals surface area contributed by atoms with Crippen molar-refractivity contribution in [3.63, 3.8) is 0 Å². The molecule has 0 spiro atoms. The number of hydrogen-bond donors (Lipinski definition) is 4. The molecule has 1 aliphatic rings. The molecule has 0 radical (unpaired) electrons. The van der Waals surface area contributed by atoms with E-state index in [9.17, 15) is 14.4 Å². The summed E-state index contributed by atoms with van der Waals surface area (Å²) in [6.45, 7) is 1.22. The first-order chi connectivity index (χ1) is 15.2. The van der Waals surface area contributed by atoms with Gasteiger partial charge in [-0.2, -0.15) is 12.1 Å². The standard InChI is InChI=1S/C9H8O4.C6H12N2.C2H2Cl2O2.C2H2O4.Pt/c1-6(10)13-8-5-3-2-4-7(8)9(11)12;7-5-3-1-2-4-6(5)8;2*3-1(4)2(5)6;/h2-5H,1H3,(H,11,12);5-8H,1-4H2;1H,(H,5,6);(H,3,4)(H,5,6);/q;-2;;;+2. The second-order valence-corrected chi connectivity index (χ2v) is 7.24. The topological polar surface area (TPSA) is 223 Å². The third kappa shape index (κ3) is 19.2.